The van der Waals surface area contributed by atoms with E-state index < -0.39 is 11.9 Å². The van der Waals surface area contributed by atoms with Gasteiger partial charge in [0.05, 0.1) is 13.5 Å². The lowest BCUT2D eigenvalue weighted by Gasteiger charge is -2.09. The summed E-state index contributed by atoms with van der Waals surface area (Å²) in [7, 11) is 1.56. The van der Waals surface area contributed by atoms with E-state index in [-0.39, 0.29) is 13.0 Å². The Morgan fingerprint density at radius 3 is 2.71 bits per heavy atom. The summed E-state index contributed by atoms with van der Waals surface area (Å²) < 4.78 is 10.1. The molecule has 0 aliphatic carbocycles. The van der Waals surface area contributed by atoms with Gasteiger partial charge in [0, 0.05) is 10.7 Å². The zero-order valence-corrected chi connectivity index (χ0v) is 14.2. The van der Waals surface area contributed by atoms with Crippen LogP contribution in [0.1, 0.15) is 11.1 Å². The first-order chi connectivity index (χ1) is 11.5. The smallest absolute Gasteiger partial charge is 0.310 e. The van der Waals surface area contributed by atoms with E-state index in [1.807, 2.05) is 6.92 Å². The largest absolute Gasteiger partial charge is 0.497 e. The molecule has 1 amide bonds. The van der Waals surface area contributed by atoms with Crippen LogP contribution in [0.15, 0.2) is 42.5 Å². The Kier molecular flexibility index (Phi) is 6.21. The van der Waals surface area contributed by atoms with E-state index in [1.54, 1.807) is 49.6 Å². The van der Waals surface area contributed by atoms with E-state index in [9.17, 15) is 9.59 Å². The molecule has 0 bridgehead atoms. The average Bonchev–Trinajstić information content (AvgIpc) is 2.56. The summed E-state index contributed by atoms with van der Waals surface area (Å²) in [5.74, 6) is -0.241. The van der Waals surface area contributed by atoms with Crippen molar-refractivity contribution in [2.24, 2.45) is 0 Å². The van der Waals surface area contributed by atoms with Crippen molar-refractivity contribution in [3.8, 4) is 5.75 Å². The van der Waals surface area contributed by atoms with Crippen molar-refractivity contribution >= 4 is 29.2 Å². The van der Waals surface area contributed by atoms with Gasteiger partial charge < -0.3 is 14.8 Å². The SMILES string of the molecule is COc1cccc(CC(=O)OCC(=O)Nc2cc(Cl)ccc2C)c1. The molecule has 126 valence electrons. The number of methoxy groups -OCH3 is 1. The van der Waals surface area contributed by atoms with Gasteiger partial charge in [-0.15, -0.1) is 0 Å². The third-order valence-electron chi connectivity index (χ3n) is 3.32. The van der Waals surface area contributed by atoms with Gasteiger partial charge in [-0.2, -0.15) is 0 Å². The number of hydrogen-bond donors (Lipinski definition) is 1. The second-order valence-electron chi connectivity index (χ2n) is 5.20. The summed E-state index contributed by atoms with van der Waals surface area (Å²) in [5, 5.41) is 3.19. The van der Waals surface area contributed by atoms with Crippen LogP contribution in [-0.2, 0) is 20.7 Å². The zero-order chi connectivity index (χ0) is 17.5. The van der Waals surface area contributed by atoms with Gasteiger partial charge >= 0.3 is 5.97 Å². The van der Waals surface area contributed by atoms with E-state index in [4.69, 9.17) is 21.1 Å². The highest BCUT2D eigenvalue weighted by Gasteiger charge is 2.10. The summed E-state index contributed by atoms with van der Waals surface area (Å²) in [6.07, 6.45) is 0.0701. The van der Waals surface area contributed by atoms with Crippen molar-refractivity contribution in [2.45, 2.75) is 13.3 Å². The number of halogens is 1. The molecular formula is C18H18ClNO4. The van der Waals surface area contributed by atoms with Crippen molar-refractivity contribution in [3.63, 3.8) is 0 Å². The number of benzene rings is 2. The molecule has 0 saturated carbocycles. The van der Waals surface area contributed by atoms with Gasteiger partial charge in [0.25, 0.3) is 5.91 Å². The standard InChI is InChI=1S/C18H18ClNO4/c1-12-6-7-14(19)10-16(12)20-17(21)11-24-18(22)9-13-4-3-5-15(8-13)23-2/h3-8,10H,9,11H2,1-2H3,(H,20,21). The Morgan fingerprint density at radius 2 is 1.96 bits per heavy atom. The molecule has 2 rings (SSSR count). The number of esters is 1. The van der Waals surface area contributed by atoms with Gasteiger partial charge in [0.1, 0.15) is 5.75 Å². The van der Waals surface area contributed by atoms with Crippen molar-refractivity contribution < 1.29 is 19.1 Å². The number of amides is 1. The molecule has 1 N–H and O–H groups in total. The highest BCUT2D eigenvalue weighted by molar-refractivity contribution is 6.31. The zero-order valence-electron chi connectivity index (χ0n) is 13.5. The second-order valence-corrected chi connectivity index (χ2v) is 5.63. The Balaban J connectivity index is 1.84. The number of aryl methyl sites for hydroxylation is 1. The minimum Gasteiger partial charge on any atom is -0.497 e. The highest BCUT2D eigenvalue weighted by atomic mass is 35.5. The Morgan fingerprint density at radius 1 is 1.17 bits per heavy atom. The fourth-order valence-electron chi connectivity index (χ4n) is 2.06. The molecule has 0 saturated heterocycles. The van der Waals surface area contributed by atoms with Gasteiger partial charge in [-0.05, 0) is 42.3 Å². The number of anilines is 1. The third-order valence-corrected chi connectivity index (χ3v) is 3.56. The molecule has 0 fully saturated rings. The summed E-state index contributed by atoms with van der Waals surface area (Å²) in [6.45, 7) is 1.50. The lowest BCUT2D eigenvalue weighted by atomic mass is 10.1. The van der Waals surface area contributed by atoms with Gasteiger partial charge in [0.2, 0.25) is 0 Å². The maximum absolute atomic E-state index is 11.9. The number of nitrogens with one attached hydrogen (secondary N) is 1. The molecule has 0 radical (unpaired) electrons. The van der Waals surface area contributed by atoms with E-state index in [2.05, 4.69) is 5.32 Å². The van der Waals surface area contributed by atoms with Crippen molar-refractivity contribution in [3.05, 3.63) is 58.6 Å². The van der Waals surface area contributed by atoms with Crippen LogP contribution in [0.25, 0.3) is 0 Å². The lowest BCUT2D eigenvalue weighted by Crippen LogP contribution is -2.22. The summed E-state index contributed by atoms with van der Waals surface area (Å²) >= 11 is 5.90. The molecule has 0 unspecified atom stereocenters. The molecule has 0 aliphatic rings. The molecule has 6 heteroatoms. The number of hydrogen-bond acceptors (Lipinski definition) is 4. The number of ether oxygens (including phenoxy) is 2. The Bertz CT molecular complexity index is 746. The van der Waals surface area contributed by atoms with Crippen LogP contribution in [0.5, 0.6) is 5.75 Å². The normalized spacial score (nSPS) is 10.1. The molecule has 24 heavy (non-hydrogen) atoms. The number of carbonyl (C=O) groups is 2. The number of rotatable bonds is 6. The van der Waals surface area contributed by atoms with Gasteiger partial charge in [-0.1, -0.05) is 29.8 Å². The summed E-state index contributed by atoms with van der Waals surface area (Å²) in [4.78, 5) is 23.7. The van der Waals surface area contributed by atoms with Crippen LogP contribution >= 0.6 is 11.6 Å². The molecule has 0 aromatic heterocycles. The maximum atomic E-state index is 11.9. The Hall–Kier alpha value is -2.53. The second kappa shape index (κ2) is 8.36. The van der Waals surface area contributed by atoms with Crippen LogP contribution in [0, 0.1) is 6.92 Å². The van der Waals surface area contributed by atoms with E-state index in [1.165, 1.54) is 0 Å². The van der Waals surface area contributed by atoms with Crippen LogP contribution in [0.4, 0.5) is 5.69 Å². The first-order valence-electron chi connectivity index (χ1n) is 7.32. The average molecular weight is 348 g/mol. The van der Waals surface area contributed by atoms with Crippen molar-refractivity contribution in [1.29, 1.82) is 0 Å². The fraction of sp³-hybridized carbons (Fsp3) is 0.222. The molecule has 0 atom stereocenters. The quantitative estimate of drug-likeness (QED) is 0.813. The van der Waals surface area contributed by atoms with Gasteiger partial charge in [-0.3, -0.25) is 9.59 Å². The minimum absolute atomic E-state index is 0.0701. The molecule has 2 aromatic carbocycles. The van der Waals surface area contributed by atoms with Crippen LogP contribution < -0.4 is 10.1 Å². The summed E-state index contributed by atoms with van der Waals surface area (Å²) in [5.41, 5.74) is 2.22. The first kappa shape index (κ1) is 17.8. The van der Waals surface area contributed by atoms with Crippen molar-refractivity contribution in [1.82, 2.24) is 0 Å². The molecule has 0 heterocycles. The monoisotopic (exact) mass is 347 g/mol. The van der Waals surface area contributed by atoms with Crippen LogP contribution in [-0.4, -0.2) is 25.6 Å². The fourth-order valence-corrected chi connectivity index (χ4v) is 2.23. The number of carbonyl (C=O) groups excluding carboxylic acids is 2. The van der Waals surface area contributed by atoms with Crippen molar-refractivity contribution in [2.75, 3.05) is 19.0 Å². The molecular weight excluding hydrogens is 330 g/mol. The van der Waals surface area contributed by atoms with Gasteiger partial charge in [-0.25, -0.2) is 0 Å². The molecule has 5 nitrogen and oxygen atoms in total. The topological polar surface area (TPSA) is 64.6 Å². The van der Waals surface area contributed by atoms with E-state index in [0.717, 1.165) is 11.1 Å². The summed E-state index contributed by atoms with van der Waals surface area (Å²) in [6, 6.07) is 12.3. The van der Waals surface area contributed by atoms with E-state index >= 15 is 0 Å². The predicted octanol–water partition coefficient (Wildman–Crippen LogP) is 3.38. The lowest BCUT2D eigenvalue weighted by molar-refractivity contribution is -0.146. The van der Waals surface area contributed by atoms with Gasteiger partial charge in [0.15, 0.2) is 6.61 Å². The third kappa shape index (κ3) is 5.28. The van der Waals surface area contributed by atoms with E-state index in [0.29, 0.717) is 16.5 Å². The molecule has 0 spiro atoms. The first-order valence-corrected chi connectivity index (χ1v) is 7.70. The maximum Gasteiger partial charge on any atom is 0.310 e. The minimum atomic E-state index is -0.485. The van der Waals surface area contributed by atoms with Crippen LogP contribution in [0.3, 0.4) is 0 Å². The van der Waals surface area contributed by atoms with Crippen LogP contribution in [0.2, 0.25) is 5.02 Å². The molecule has 2 aromatic rings. The predicted molar refractivity (Wildman–Crippen MR) is 92.5 cm³/mol. The molecule has 0 aliphatic heterocycles. The Labute approximate surface area is 145 Å². The highest BCUT2D eigenvalue weighted by Crippen LogP contribution is 2.20.